The summed E-state index contributed by atoms with van der Waals surface area (Å²) < 4.78 is 1.73. The van der Waals surface area contributed by atoms with Gasteiger partial charge < -0.3 is 10.3 Å². The Morgan fingerprint density at radius 3 is 2.63 bits per heavy atom. The number of nitrogens with one attached hydrogen (secondary N) is 1. The van der Waals surface area contributed by atoms with Gasteiger partial charge >= 0.3 is 0 Å². The van der Waals surface area contributed by atoms with Crippen LogP contribution in [0.25, 0.3) is 22.0 Å². The lowest BCUT2D eigenvalue weighted by Gasteiger charge is -2.35. The second kappa shape index (κ2) is 7.25. The first-order chi connectivity index (χ1) is 13.0. The van der Waals surface area contributed by atoms with E-state index in [-0.39, 0.29) is 0 Å². The summed E-state index contributed by atoms with van der Waals surface area (Å²) in [5.41, 5.74) is 6.63. The van der Waals surface area contributed by atoms with Gasteiger partial charge in [-0.3, -0.25) is 4.68 Å². The molecule has 0 radical (unpaired) electrons. The number of pyridine rings is 1. The van der Waals surface area contributed by atoms with E-state index in [0.29, 0.717) is 6.04 Å². The van der Waals surface area contributed by atoms with Gasteiger partial charge in [0.15, 0.2) is 0 Å². The van der Waals surface area contributed by atoms with Crippen molar-refractivity contribution < 1.29 is 0 Å². The first-order valence-electron chi connectivity index (χ1n) is 9.45. The molecule has 1 N–H and O–H groups in total. The number of hydrogen-bond donors (Lipinski definition) is 1. The number of nitrogens with zero attached hydrogens (tertiary/aromatic N) is 6. The Labute approximate surface area is 160 Å². The minimum absolute atomic E-state index is 0.534. The van der Waals surface area contributed by atoms with Gasteiger partial charge in [-0.15, -0.1) is 5.10 Å². The smallest absolute Gasteiger partial charge is 0.140 e. The number of hydrazine groups is 1. The first-order valence-corrected chi connectivity index (χ1v) is 9.45. The van der Waals surface area contributed by atoms with Crippen LogP contribution in [0.1, 0.15) is 18.4 Å². The van der Waals surface area contributed by atoms with Gasteiger partial charge in [-0.05, 0) is 69.1 Å². The Morgan fingerprint density at radius 1 is 1.15 bits per heavy atom. The van der Waals surface area contributed by atoms with E-state index in [1.165, 1.54) is 18.4 Å². The SMILES string of the molecule is Cc1cc(-c2cn(C)nn2)cc2cc(NN(C)C3CCN(C)CC3)ncc12. The largest absolute Gasteiger partial charge is 0.306 e. The van der Waals surface area contributed by atoms with Crippen molar-refractivity contribution in [1.29, 1.82) is 0 Å². The van der Waals surface area contributed by atoms with Crippen LogP contribution in [-0.2, 0) is 7.05 Å². The van der Waals surface area contributed by atoms with Gasteiger partial charge in [0, 0.05) is 37.3 Å². The highest BCUT2D eigenvalue weighted by Gasteiger charge is 2.20. The average molecular weight is 365 g/mol. The van der Waals surface area contributed by atoms with Gasteiger partial charge in [0.1, 0.15) is 11.5 Å². The van der Waals surface area contributed by atoms with Crippen LogP contribution in [0.5, 0.6) is 0 Å². The highest BCUT2D eigenvalue weighted by molar-refractivity contribution is 5.90. The number of hydrogen-bond acceptors (Lipinski definition) is 6. The molecule has 0 saturated carbocycles. The highest BCUT2D eigenvalue weighted by atomic mass is 15.5. The third kappa shape index (κ3) is 3.79. The van der Waals surface area contributed by atoms with Crippen LogP contribution < -0.4 is 5.43 Å². The van der Waals surface area contributed by atoms with Crippen LogP contribution in [0, 0.1) is 6.92 Å². The van der Waals surface area contributed by atoms with Crippen molar-refractivity contribution in [3.63, 3.8) is 0 Å². The lowest BCUT2D eigenvalue weighted by Crippen LogP contribution is -2.44. The van der Waals surface area contributed by atoms with Crippen LogP contribution >= 0.6 is 0 Å². The maximum atomic E-state index is 4.63. The van der Waals surface area contributed by atoms with E-state index in [4.69, 9.17) is 0 Å². The van der Waals surface area contributed by atoms with Gasteiger partial charge in [0.25, 0.3) is 0 Å². The Kier molecular flexibility index (Phi) is 4.80. The van der Waals surface area contributed by atoms with E-state index in [1.807, 2.05) is 19.4 Å². The molecule has 3 heterocycles. The Balaban J connectivity index is 1.59. The van der Waals surface area contributed by atoms with E-state index in [2.05, 4.69) is 69.8 Å². The lowest BCUT2D eigenvalue weighted by molar-refractivity contribution is 0.164. The number of anilines is 1. The van der Waals surface area contributed by atoms with E-state index >= 15 is 0 Å². The number of piperidine rings is 1. The van der Waals surface area contributed by atoms with Gasteiger partial charge in [-0.25, -0.2) is 9.99 Å². The number of benzene rings is 1. The van der Waals surface area contributed by atoms with Crippen LogP contribution in [0.4, 0.5) is 5.82 Å². The standard InChI is InChI=1S/C20H27N7/c1-14-9-16(19-13-26(3)24-22-19)10-15-11-20(21-12-18(14)15)23-27(4)17-5-7-25(2)8-6-17/h9-13,17H,5-8H2,1-4H3,(H,21,23). The number of likely N-dealkylation sites (tertiary alicyclic amines) is 1. The highest BCUT2D eigenvalue weighted by Crippen LogP contribution is 2.27. The van der Waals surface area contributed by atoms with Crippen molar-refractivity contribution in [3.05, 3.63) is 36.2 Å². The minimum atomic E-state index is 0.534. The predicted molar refractivity (Wildman–Crippen MR) is 108 cm³/mol. The Morgan fingerprint density at radius 2 is 1.93 bits per heavy atom. The fourth-order valence-corrected chi connectivity index (χ4v) is 3.78. The molecule has 1 aliphatic heterocycles. The molecule has 7 nitrogen and oxygen atoms in total. The molecule has 1 fully saturated rings. The maximum Gasteiger partial charge on any atom is 0.140 e. The quantitative estimate of drug-likeness (QED) is 0.718. The van der Waals surface area contributed by atoms with Gasteiger partial charge in [-0.1, -0.05) is 5.21 Å². The van der Waals surface area contributed by atoms with Crippen molar-refractivity contribution in [2.24, 2.45) is 7.05 Å². The molecule has 3 aromatic rings. The molecule has 1 aliphatic rings. The molecule has 0 spiro atoms. The van der Waals surface area contributed by atoms with E-state index in [9.17, 15) is 0 Å². The van der Waals surface area contributed by atoms with E-state index < -0.39 is 0 Å². The Hall–Kier alpha value is -2.51. The topological polar surface area (TPSA) is 62.1 Å². The number of fused-ring (bicyclic) bond motifs is 1. The van der Waals surface area contributed by atoms with Crippen LogP contribution in [-0.4, -0.2) is 63.1 Å². The normalized spacial score (nSPS) is 16.3. The summed E-state index contributed by atoms with van der Waals surface area (Å²) in [6.45, 7) is 4.40. The Bertz CT molecular complexity index is 941. The zero-order chi connectivity index (χ0) is 19.0. The van der Waals surface area contributed by atoms with E-state index in [0.717, 1.165) is 40.9 Å². The molecule has 0 unspecified atom stereocenters. The molecule has 0 bridgehead atoms. The third-order valence-corrected chi connectivity index (χ3v) is 5.47. The molecular weight excluding hydrogens is 338 g/mol. The molecule has 0 amide bonds. The fourth-order valence-electron chi connectivity index (χ4n) is 3.78. The van der Waals surface area contributed by atoms with Crippen molar-refractivity contribution in [1.82, 2.24) is 29.9 Å². The average Bonchev–Trinajstić information content (AvgIpc) is 3.08. The monoisotopic (exact) mass is 365 g/mol. The molecule has 7 heteroatoms. The summed E-state index contributed by atoms with van der Waals surface area (Å²) in [5, 5.41) is 12.8. The molecule has 142 valence electrons. The molecular formula is C20H27N7. The predicted octanol–water partition coefficient (Wildman–Crippen LogP) is 2.69. The second-order valence-electron chi connectivity index (χ2n) is 7.62. The summed E-state index contributed by atoms with van der Waals surface area (Å²) >= 11 is 0. The maximum absolute atomic E-state index is 4.63. The van der Waals surface area contributed by atoms with Gasteiger partial charge in [0.2, 0.25) is 0 Å². The summed E-state index contributed by atoms with van der Waals surface area (Å²) in [4.78, 5) is 7.01. The summed E-state index contributed by atoms with van der Waals surface area (Å²) in [7, 11) is 6.18. The number of aryl methyl sites for hydroxylation is 2. The summed E-state index contributed by atoms with van der Waals surface area (Å²) in [5.74, 6) is 0.875. The lowest BCUT2D eigenvalue weighted by atomic mass is 10.0. The summed E-state index contributed by atoms with van der Waals surface area (Å²) in [6, 6.07) is 6.96. The third-order valence-electron chi connectivity index (χ3n) is 5.47. The van der Waals surface area contributed by atoms with Gasteiger partial charge in [0.05, 0.1) is 6.20 Å². The van der Waals surface area contributed by atoms with Crippen LogP contribution in [0.2, 0.25) is 0 Å². The minimum Gasteiger partial charge on any atom is -0.306 e. The second-order valence-corrected chi connectivity index (χ2v) is 7.62. The van der Waals surface area contributed by atoms with E-state index in [1.54, 1.807) is 4.68 Å². The van der Waals surface area contributed by atoms with Crippen molar-refractivity contribution in [2.45, 2.75) is 25.8 Å². The zero-order valence-corrected chi connectivity index (χ0v) is 16.5. The van der Waals surface area contributed by atoms with Crippen LogP contribution in [0.3, 0.4) is 0 Å². The molecule has 1 saturated heterocycles. The molecule has 0 atom stereocenters. The van der Waals surface area contributed by atoms with Crippen molar-refractivity contribution >= 4 is 16.6 Å². The molecule has 0 aliphatic carbocycles. The van der Waals surface area contributed by atoms with Crippen molar-refractivity contribution in [3.8, 4) is 11.3 Å². The molecule has 27 heavy (non-hydrogen) atoms. The molecule has 1 aromatic carbocycles. The molecule has 4 rings (SSSR count). The molecule has 2 aromatic heterocycles. The summed E-state index contributed by atoms with van der Waals surface area (Å²) in [6.07, 6.45) is 6.23. The fraction of sp³-hybridized carbons (Fsp3) is 0.450. The number of aromatic nitrogens is 4. The number of rotatable bonds is 4. The van der Waals surface area contributed by atoms with Crippen molar-refractivity contribution in [2.75, 3.05) is 32.6 Å². The zero-order valence-electron chi connectivity index (χ0n) is 16.5. The van der Waals surface area contributed by atoms with Gasteiger partial charge in [-0.2, -0.15) is 0 Å². The van der Waals surface area contributed by atoms with Crippen LogP contribution in [0.15, 0.2) is 30.6 Å². The first kappa shape index (κ1) is 17.9.